The van der Waals surface area contributed by atoms with Crippen LogP contribution in [0.3, 0.4) is 0 Å². The third-order valence-electron chi connectivity index (χ3n) is 5.55. The normalized spacial score (nSPS) is 14.5. The van der Waals surface area contributed by atoms with Crippen molar-refractivity contribution in [3.63, 3.8) is 0 Å². The van der Waals surface area contributed by atoms with Gasteiger partial charge in [-0.2, -0.15) is 0 Å². The molecule has 1 N–H and O–H groups in total. The Morgan fingerprint density at radius 1 is 1.14 bits per heavy atom. The van der Waals surface area contributed by atoms with Gasteiger partial charge < -0.3 is 14.6 Å². The van der Waals surface area contributed by atoms with E-state index < -0.39 is 6.10 Å². The molecule has 0 aliphatic carbocycles. The highest BCUT2D eigenvalue weighted by atomic mass is 16.3. The standard InChI is InChI=1S/C22H22N4O2/c1-24(2)21(28)20(27)19-17(14-8-4-3-5-9-14)23-22-25-13-7-11-15-10-6-12-16(18(15)25)26(19)22/h3-6,8-10,12,20,27H,7,11,13H2,1-2H3. The van der Waals surface area contributed by atoms with Crippen LogP contribution in [0.15, 0.2) is 48.5 Å². The molecule has 1 atom stereocenters. The summed E-state index contributed by atoms with van der Waals surface area (Å²) in [6.07, 6.45) is 0.798. The van der Waals surface area contributed by atoms with Gasteiger partial charge in [0.25, 0.3) is 5.91 Å². The fourth-order valence-corrected chi connectivity index (χ4v) is 4.27. The number of rotatable bonds is 3. The molecule has 0 fully saturated rings. The number of amides is 1. The van der Waals surface area contributed by atoms with Gasteiger partial charge in [-0.3, -0.25) is 9.20 Å². The average Bonchev–Trinajstić information content (AvgIpc) is 3.25. The Morgan fingerprint density at radius 3 is 2.68 bits per heavy atom. The number of carbonyl (C=O) groups excluding carboxylic acids is 1. The summed E-state index contributed by atoms with van der Waals surface area (Å²) in [4.78, 5) is 19.0. The summed E-state index contributed by atoms with van der Waals surface area (Å²) in [6, 6.07) is 16.0. The van der Waals surface area contributed by atoms with Crippen molar-refractivity contribution in [2.75, 3.05) is 14.1 Å². The summed E-state index contributed by atoms with van der Waals surface area (Å²) in [5, 5.41) is 11.1. The molecule has 3 heterocycles. The van der Waals surface area contributed by atoms with Crippen molar-refractivity contribution in [1.29, 1.82) is 0 Å². The van der Waals surface area contributed by atoms with Gasteiger partial charge in [0.1, 0.15) is 0 Å². The van der Waals surface area contributed by atoms with E-state index in [0.717, 1.165) is 41.8 Å². The van der Waals surface area contributed by atoms with Gasteiger partial charge in [0.15, 0.2) is 6.10 Å². The number of aliphatic hydroxyl groups excluding tert-OH is 1. The monoisotopic (exact) mass is 374 g/mol. The molecule has 0 bridgehead atoms. The quantitative estimate of drug-likeness (QED) is 0.600. The van der Waals surface area contributed by atoms with Crippen molar-refractivity contribution in [3.8, 4) is 11.3 Å². The van der Waals surface area contributed by atoms with E-state index in [1.165, 1.54) is 10.5 Å². The predicted molar refractivity (Wildman–Crippen MR) is 108 cm³/mol. The number of para-hydroxylation sites is 1. The van der Waals surface area contributed by atoms with Crippen LogP contribution in [-0.2, 0) is 17.8 Å². The van der Waals surface area contributed by atoms with Crippen LogP contribution in [0.25, 0.3) is 28.1 Å². The second kappa shape index (κ2) is 6.21. The summed E-state index contributed by atoms with van der Waals surface area (Å²) in [5.41, 5.74) is 5.50. The van der Waals surface area contributed by atoms with Gasteiger partial charge in [-0.05, 0) is 24.5 Å². The zero-order chi connectivity index (χ0) is 19.4. The molecular formula is C22H22N4O2. The largest absolute Gasteiger partial charge is 0.377 e. The number of fused-ring (bicyclic) bond motifs is 3. The lowest BCUT2D eigenvalue weighted by molar-refractivity contribution is -0.138. The topological polar surface area (TPSA) is 62.8 Å². The van der Waals surface area contributed by atoms with Gasteiger partial charge in [-0.25, -0.2) is 4.98 Å². The minimum absolute atomic E-state index is 0.356. The Bertz CT molecular complexity index is 1200. The molecule has 1 amide bonds. The first-order valence-corrected chi connectivity index (χ1v) is 9.55. The Balaban J connectivity index is 1.89. The van der Waals surface area contributed by atoms with Gasteiger partial charge in [-0.1, -0.05) is 42.5 Å². The molecule has 1 aliphatic heterocycles. The van der Waals surface area contributed by atoms with Crippen LogP contribution < -0.4 is 0 Å². The maximum atomic E-state index is 12.7. The predicted octanol–water partition coefficient (Wildman–Crippen LogP) is 3.02. The highest BCUT2D eigenvalue weighted by Gasteiger charge is 2.31. The van der Waals surface area contributed by atoms with E-state index >= 15 is 0 Å². The third-order valence-corrected chi connectivity index (χ3v) is 5.55. The van der Waals surface area contributed by atoms with Crippen molar-refractivity contribution in [3.05, 3.63) is 59.8 Å². The third kappa shape index (κ3) is 2.31. The van der Waals surface area contributed by atoms with Crippen molar-refractivity contribution in [2.24, 2.45) is 0 Å². The maximum absolute atomic E-state index is 12.7. The van der Waals surface area contributed by atoms with E-state index in [1.807, 2.05) is 46.9 Å². The van der Waals surface area contributed by atoms with Crippen LogP contribution in [-0.4, -0.2) is 44.0 Å². The summed E-state index contributed by atoms with van der Waals surface area (Å²) >= 11 is 0. The summed E-state index contributed by atoms with van der Waals surface area (Å²) < 4.78 is 4.19. The summed E-state index contributed by atoms with van der Waals surface area (Å²) in [7, 11) is 3.31. The molecule has 0 radical (unpaired) electrons. The van der Waals surface area contributed by atoms with E-state index in [2.05, 4.69) is 10.6 Å². The summed E-state index contributed by atoms with van der Waals surface area (Å²) in [5.74, 6) is 0.424. The number of hydrogen-bond acceptors (Lipinski definition) is 3. The second-order valence-corrected chi connectivity index (χ2v) is 7.52. The maximum Gasteiger partial charge on any atom is 0.257 e. The first-order chi connectivity index (χ1) is 13.6. The molecule has 1 unspecified atom stereocenters. The van der Waals surface area contributed by atoms with E-state index in [-0.39, 0.29) is 5.91 Å². The Hall–Kier alpha value is -3.12. The Morgan fingerprint density at radius 2 is 1.93 bits per heavy atom. The average molecular weight is 374 g/mol. The van der Waals surface area contributed by atoms with E-state index in [9.17, 15) is 9.90 Å². The van der Waals surface area contributed by atoms with Crippen LogP contribution in [0.2, 0.25) is 0 Å². The lowest BCUT2D eigenvalue weighted by Gasteiger charge is -2.17. The van der Waals surface area contributed by atoms with E-state index in [4.69, 9.17) is 4.98 Å². The zero-order valence-electron chi connectivity index (χ0n) is 16.0. The molecule has 0 saturated carbocycles. The van der Waals surface area contributed by atoms with Gasteiger partial charge in [0.05, 0.1) is 22.4 Å². The molecule has 28 heavy (non-hydrogen) atoms. The number of carbonyl (C=O) groups is 1. The van der Waals surface area contributed by atoms with E-state index in [1.54, 1.807) is 14.1 Å². The van der Waals surface area contributed by atoms with Crippen LogP contribution in [0.4, 0.5) is 0 Å². The molecular weight excluding hydrogens is 352 g/mol. The number of likely N-dealkylation sites (N-methyl/N-ethyl adjacent to an activating group) is 1. The second-order valence-electron chi connectivity index (χ2n) is 7.52. The molecule has 2 aromatic carbocycles. The number of aromatic nitrogens is 3. The molecule has 6 nitrogen and oxygen atoms in total. The van der Waals surface area contributed by atoms with Gasteiger partial charge >= 0.3 is 0 Å². The van der Waals surface area contributed by atoms with Crippen LogP contribution in [0, 0.1) is 0 Å². The highest BCUT2D eigenvalue weighted by molar-refractivity contribution is 5.89. The van der Waals surface area contributed by atoms with Crippen molar-refractivity contribution >= 4 is 22.7 Å². The fourth-order valence-electron chi connectivity index (χ4n) is 4.27. The summed E-state index contributed by atoms with van der Waals surface area (Å²) in [6.45, 7) is 0.881. The lowest BCUT2D eigenvalue weighted by Crippen LogP contribution is -2.29. The van der Waals surface area contributed by atoms with Crippen LogP contribution in [0.5, 0.6) is 0 Å². The number of benzene rings is 2. The molecule has 0 saturated heterocycles. The number of hydrogen-bond donors (Lipinski definition) is 1. The Kier molecular flexibility index (Phi) is 3.77. The van der Waals surface area contributed by atoms with Gasteiger partial charge in [-0.15, -0.1) is 0 Å². The molecule has 6 heteroatoms. The molecule has 4 aromatic rings. The highest BCUT2D eigenvalue weighted by Crippen LogP contribution is 2.36. The molecule has 2 aromatic heterocycles. The molecule has 142 valence electrons. The molecule has 1 aliphatic rings. The Labute approximate surface area is 162 Å². The van der Waals surface area contributed by atoms with Gasteiger partial charge in [0.2, 0.25) is 5.78 Å². The smallest absolute Gasteiger partial charge is 0.257 e. The number of imidazole rings is 2. The zero-order valence-corrected chi connectivity index (χ0v) is 16.0. The lowest BCUT2D eigenvalue weighted by atomic mass is 10.0. The number of aliphatic hydroxyl groups is 1. The minimum atomic E-state index is -1.29. The fraction of sp³-hybridized carbons (Fsp3) is 0.273. The van der Waals surface area contributed by atoms with E-state index in [0.29, 0.717) is 11.4 Å². The number of aryl methyl sites for hydroxylation is 2. The first kappa shape index (κ1) is 17.0. The van der Waals surface area contributed by atoms with Crippen LogP contribution >= 0.6 is 0 Å². The SMILES string of the molecule is CN(C)C(=O)C(O)c1c(-c2ccccc2)nc2n3c4c(cccc4n12)CCC3. The van der Waals surface area contributed by atoms with Gasteiger partial charge in [0, 0.05) is 26.2 Å². The van der Waals surface area contributed by atoms with Crippen molar-refractivity contribution < 1.29 is 9.90 Å². The minimum Gasteiger partial charge on any atom is -0.377 e. The van der Waals surface area contributed by atoms with Crippen molar-refractivity contribution in [2.45, 2.75) is 25.5 Å². The first-order valence-electron chi connectivity index (χ1n) is 9.55. The number of nitrogens with zero attached hydrogens (tertiary/aromatic N) is 4. The van der Waals surface area contributed by atoms with Crippen molar-refractivity contribution in [1.82, 2.24) is 18.9 Å². The van der Waals surface area contributed by atoms with Crippen LogP contribution in [0.1, 0.15) is 23.8 Å². The molecule has 5 rings (SSSR count). The molecule has 0 spiro atoms.